The van der Waals surface area contributed by atoms with Crippen LogP contribution in [0, 0.1) is 0 Å². The summed E-state index contributed by atoms with van der Waals surface area (Å²) in [6, 6.07) is 24.6. The normalized spacial score (nSPS) is 11.1. The van der Waals surface area contributed by atoms with Gasteiger partial charge in [-0.2, -0.15) is 0 Å². The fraction of sp³-hybridized carbons (Fsp3) is 0.120. The zero-order valence-electron chi connectivity index (χ0n) is 18.3. The van der Waals surface area contributed by atoms with Crippen LogP contribution in [0.2, 0.25) is 0 Å². The largest absolute Gasteiger partial charge is 0.497 e. The Bertz CT molecular complexity index is 1550. The number of para-hydroxylation sites is 2. The average Bonchev–Trinajstić information content (AvgIpc) is 3.20. The molecule has 0 atom stereocenters. The molecule has 3 aromatic carbocycles. The number of rotatable bonds is 7. The van der Waals surface area contributed by atoms with Crippen molar-refractivity contribution >= 4 is 34.3 Å². The van der Waals surface area contributed by atoms with Gasteiger partial charge in [-0.25, -0.2) is 18.9 Å². The van der Waals surface area contributed by atoms with E-state index in [1.807, 2.05) is 78.9 Å². The van der Waals surface area contributed by atoms with Crippen molar-refractivity contribution < 1.29 is 9.53 Å². The highest BCUT2D eigenvalue weighted by molar-refractivity contribution is 7.99. The van der Waals surface area contributed by atoms with Crippen LogP contribution in [0.5, 0.6) is 5.75 Å². The van der Waals surface area contributed by atoms with Crippen LogP contribution in [-0.2, 0) is 17.9 Å². The lowest BCUT2D eigenvalue weighted by Crippen LogP contribution is -2.32. The number of nitrogens with one attached hydrogen (secondary N) is 1. The van der Waals surface area contributed by atoms with Gasteiger partial charge in [0.15, 0.2) is 5.65 Å². The topological polar surface area (TPSA) is 90.5 Å². The Hall–Kier alpha value is -4.11. The molecule has 170 valence electrons. The predicted molar refractivity (Wildman–Crippen MR) is 130 cm³/mol. The first-order valence-corrected chi connectivity index (χ1v) is 11.4. The lowest BCUT2D eigenvalue weighted by atomic mass is 10.2. The van der Waals surface area contributed by atoms with Gasteiger partial charge in [-0.3, -0.25) is 4.79 Å². The number of aromatic nitrogens is 4. The highest BCUT2D eigenvalue weighted by atomic mass is 32.2. The summed E-state index contributed by atoms with van der Waals surface area (Å²) in [5.41, 5.74) is 2.28. The first-order valence-electron chi connectivity index (χ1n) is 10.6. The molecule has 5 aromatic rings. The van der Waals surface area contributed by atoms with Gasteiger partial charge < -0.3 is 10.1 Å². The second kappa shape index (κ2) is 9.40. The molecule has 1 amide bonds. The molecule has 0 aliphatic rings. The van der Waals surface area contributed by atoms with E-state index in [1.165, 1.54) is 20.8 Å². The summed E-state index contributed by atoms with van der Waals surface area (Å²) in [5.74, 6) is 0.424. The molecule has 2 aromatic heterocycles. The van der Waals surface area contributed by atoms with Gasteiger partial charge >= 0.3 is 5.69 Å². The number of methoxy groups -OCH3 is 1. The van der Waals surface area contributed by atoms with Gasteiger partial charge in [0.05, 0.1) is 18.1 Å². The summed E-state index contributed by atoms with van der Waals surface area (Å²) in [6.45, 7) is 0.189. The molecule has 8 nitrogen and oxygen atoms in total. The van der Waals surface area contributed by atoms with Crippen molar-refractivity contribution in [3.05, 3.63) is 94.9 Å². The van der Waals surface area contributed by atoms with E-state index in [1.54, 1.807) is 7.11 Å². The number of hydrogen-bond donors (Lipinski definition) is 1. The molecule has 0 aliphatic carbocycles. The SMILES string of the molecule is COc1cccc(Sc2nc3ccccc3n3c(=O)n(CC(=O)NCc4ccccc4)nc23)c1. The van der Waals surface area contributed by atoms with E-state index in [0.29, 0.717) is 28.3 Å². The van der Waals surface area contributed by atoms with Gasteiger partial charge in [-0.1, -0.05) is 60.3 Å². The zero-order valence-corrected chi connectivity index (χ0v) is 19.2. The van der Waals surface area contributed by atoms with Crippen LogP contribution < -0.4 is 15.7 Å². The lowest BCUT2D eigenvalue weighted by Gasteiger charge is -2.07. The Morgan fingerprint density at radius 1 is 1.03 bits per heavy atom. The fourth-order valence-corrected chi connectivity index (χ4v) is 4.52. The van der Waals surface area contributed by atoms with Crippen molar-refractivity contribution in [2.45, 2.75) is 23.0 Å². The molecule has 0 spiro atoms. The Kier molecular flexibility index (Phi) is 6.01. The van der Waals surface area contributed by atoms with Crippen LogP contribution in [0.4, 0.5) is 0 Å². The summed E-state index contributed by atoms with van der Waals surface area (Å²) in [4.78, 5) is 31.5. The summed E-state index contributed by atoms with van der Waals surface area (Å²) >= 11 is 1.38. The van der Waals surface area contributed by atoms with Crippen molar-refractivity contribution in [2.24, 2.45) is 0 Å². The third kappa shape index (κ3) is 4.38. The van der Waals surface area contributed by atoms with Crippen LogP contribution >= 0.6 is 11.8 Å². The minimum atomic E-state index is -0.393. The quantitative estimate of drug-likeness (QED) is 0.391. The van der Waals surface area contributed by atoms with Crippen LogP contribution in [-0.4, -0.2) is 32.2 Å². The molecule has 9 heteroatoms. The van der Waals surface area contributed by atoms with Gasteiger partial charge in [0.1, 0.15) is 17.3 Å². The maximum absolute atomic E-state index is 13.3. The Labute approximate surface area is 199 Å². The predicted octanol–water partition coefficient (Wildman–Crippen LogP) is 3.52. The third-order valence-electron chi connectivity index (χ3n) is 5.26. The highest BCUT2D eigenvalue weighted by Gasteiger charge is 2.18. The summed E-state index contributed by atoms with van der Waals surface area (Å²) in [5, 5.41) is 7.89. The first kappa shape index (κ1) is 21.7. The number of fused-ring (bicyclic) bond motifs is 3. The van der Waals surface area contributed by atoms with Gasteiger partial charge in [0.2, 0.25) is 5.91 Å². The van der Waals surface area contributed by atoms with Gasteiger partial charge in [-0.05, 0) is 35.9 Å². The minimum absolute atomic E-state index is 0.190. The van der Waals surface area contributed by atoms with E-state index >= 15 is 0 Å². The number of carbonyl (C=O) groups excluding carboxylic acids is 1. The molecule has 2 heterocycles. The molecular weight excluding hydrogens is 450 g/mol. The van der Waals surface area contributed by atoms with E-state index in [9.17, 15) is 9.59 Å². The molecular formula is C25H21N5O3S. The van der Waals surface area contributed by atoms with Crippen LogP contribution in [0.1, 0.15) is 5.56 Å². The van der Waals surface area contributed by atoms with E-state index in [2.05, 4.69) is 10.4 Å². The van der Waals surface area contributed by atoms with E-state index in [4.69, 9.17) is 9.72 Å². The molecule has 0 fully saturated rings. The molecule has 34 heavy (non-hydrogen) atoms. The fourth-order valence-electron chi connectivity index (χ4n) is 3.61. The van der Waals surface area contributed by atoms with Crippen LogP contribution in [0.25, 0.3) is 16.7 Å². The van der Waals surface area contributed by atoms with Crippen molar-refractivity contribution in [2.75, 3.05) is 7.11 Å². The summed E-state index contributed by atoms with van der Waals surface area (Å²) < 4.78 is 8.01. The van der Waals surface area contributed by atoms with Crippen molar-refractivity contribution in [3.63, 3.8) is 0 Å². The maximum atomic E-state index is 13.3. The number of benzene rings is 3. The monoisotopic (exact) mass is 471 g/mol. The molecule has 0 saturated heterocycles. The molecule has 0 radical (unpaired) electrons. The van der Waals surface area contributed by atoms with Gasteiger partial charge in [0.25, 0.3) is 0 Å². The second-order valence-corrected chi connectivity index (χ2v) is 8.61. The van der Waals surface area contributed by atoms with Crippen LogP contribution in [0.3, 0.4) is 0 Å². The smallest absolute Gasteiger partial charge is 0.351 e. The van der Waals surface area contributed by atoms with Crippen LogP contribution in [0.15, 0.2) is 93.6 Å². The maximum Gasteiger partial charge on any atom is 0.351 e. The average molecular weight is 472 g/mol. The Morgan fingerprint density at radius 2 is 1.82 bits per heavy atom. The lowest BCUT2D eigenvalue weighted by molar-refractivity contribution is -0.122. The van der Waals surface area contributed by atoms with E-state index in [-0.39, 0.29) is 12.5 Å². The first-order chi connectivity index (χ1) is 16.6. The summed E-state index contributed by atoms with van der Waals surface area (Å²) in [7, 11) is 1.61. The molecule has 0 unspecified atom stereocenters. The number of amides is 1. The van der Waals surface area contributed by atoms with Gasteiger partial charge in [0, 0.05) is 11.4 Å². The van der Waals surface area contributed by atoms with Crippen molar-refractivity contribution in [1.29, 1.82) is 0 Å². The molecule has 0 bridgehead atoms. The minimum Gasteiger partial charge on any atom is -0.497 e. The molecule has 1 N–H and O–H groups in total. The number of ether oxygens (including phenoxy) is 1. The standard InChI is InChI=1S/C25H21N5O3S/c1-33-18-10-7-11-19(14-18)34-24-23-28-29(16-22(31)26-15-17-8-3-2-4-9-17)25(32)30(23)21-13-6-5-12-20(21)27-24/h2-14H,15-16H2,1H3,(H,26,31). The molecule has 0 saturated carbocycles. The van der Waals surface area contributed by atoms with Crippen molar-refractivity contribution in [3.8, 4) is 5.75 Å². The van der Waals surface area contributed by atoms with E-state index in [0.717, 1.165) is 16.2 Å². The number of carbonyl (C=O) groups is 1. The summed E-state index contributed by atoms with van der Waals surface area (Å²) in [6.07, 6.45) is 0. The Morgan fingerprint density at radius 3 is 2.65 bits per heavy atom. The van der Waals surface area contributed by atoms with E-state index < -0.39 is 5.69 Å². The molecule has 0 aliphatic heterocycles. The number of hydrogen-bond acceptors (Lipinski definition) is 6. The highest BCUT2D eigenvalue weighted by Crippen LogP contribution is 2.32. The zero-order chi connectivity index (χ0) is 23.5. The number of nitrogens with zero attached hydrogens (tertiary/aromatic N) is 4. The van der Waals surface area contributed by atoms with Crippen molar-refractivity contribution in [1.82, 2.24) is 24.5 Å². The third-order valence-corrected chi connectivity index (χ3v) is 6.21. The van der Waals surface area contributed by atoms with Gasteiger partial charge in [-0.15, -0.1) is 5.10 Å². The second-order valence-electron chi connectivity index (χ2n) is 7.55. The molecule has 5 rings (SSSR count). The Balaban J connectivity index is 1.51.